The zero-order valence-corrected chi connectivity index (χ0v) is 9.49. The Bertz CT molecular complexity index is 490. The molecule has 0 unspecified atom stereocenters. The van der Waals surface area contributed by atoms with E-state index in [9.17, 15) is 18.0 Å². The molecule has 0 spiro atoms. The molecule has 1 N–H and O–H groups in total. The maximum Gasteiger partial charge on any atom is 0.353 e. The monoisotopic (exact) mass is 295 g/mol. The molecule has 0 atom stereocenters. The Hall–Kier alpha value is -1.24. The summed E-state index contributed by atoms with van der Waals surface area (Å²) in [5, 5.41) is 1.90. The van der Waals surface area contributed by atoms with Crippen molar-refractivity contribution < 1.29 is 22.7 Å². The lowest BCUT2D eigenvalue weighted by atomic mass is 10.1. The summed E-state index contributed by atoms with van der Waals surface area (Å²) in [5.41, 5.74) is -0.930. The molecule has 2 rings (SSSR count). The average Bonchev–Trinajstić information content (AvgIpc) is 2.38. The average molecular weight is 296 g/mol. The molecule has 1 aromatic carbocycles. The van der Waals surface area contributed by atoms with E-state index in [1.54, 1.807) is 0 Å². The second kappa shape index (κ2) is 3.38. The van der Waals surface area contributed by atoms with Gasteiger partial charge >= 0.3 is 5.92 Å². The van der Waals surface area contributed by atoms with E-state index in [1.807, 2.05) is 5.32 Å². The summed E-state index contributed by atoms with van der Waals surface area (Å²) < 4.78 is 44.6. The Morgan fingerprint density at radius 3 is 2.69 bits per heavy atom. The van der Waals surface area contributed by atoms with Crippen LogP contribution in [0.25, 0.3) is 0 Å². The van der Waals surface area contributed by atoms with Crippen molar-refractivity contribution in [1.29, 1.82) is 0 Å². The molecule has 1 aliphatic rings. The van der Waals surface area contributed by atoms with Gasteiger partial charge in [0.15, 0.2) is 11.6 Å². The number of alkyl halides is 2. The third kappa shape index (κ3) is 1.31. The molecule has 0 bridgehead atoms. The van der Waals surface area contributed by atoms with Crippen LogP contribution in [0.2, 0.25) is 0 Å². The summed E-state index contributed by atoms with van der Waals surface area (Å²) in [5.74, 6) is -6.41. The standard InChI is InChI=1S/C9H5BrF3NO2/c1-16-7-4(11)2-3(10)5-6(7)14-8(15)9(5,12)13/h2H,1H3,(H,14,15). The summed E-state index contributed by atoms with van der Waals surface area (Å²) in [4.78, 5) is 11.0. The van der Waals surface area contributed by atoms with E-state index >= 15 is 0 Å². The molecule has 1 heterocycles. The van der Waals surface area contributed by atoms with Gasteiger partial charge in [-0.15, -0.1) is 0 Å². The first kappa shape index (κ1) is 11.3. The third-order valence-electron chi connectivity index (χ3n) is 2.23. The second-order valence-electron chi connectivity index (χ2n) is 3.15. The number of hydrogen-bond acceptors (Lipinski definition) is 2. The van der Waals surface area contributed by atoms with E-state index in [-0.39, 0.29) is 10.2 Å². The SMILES string of the molecule is COc1c(F)cc(Br)c2c1NC(=O)C2(F)F. The highest BCUT2D eigenvalue weighted by molar-refractivity contribution is 9.10. The van der Waals surface area contributed by atoms with Crippen LogP contribution in [0.4, 0.5) is 18.9 Å². The zero-order valence-electron chi connectivity index (χ0n) is 7.91. The first-order chi connectivity index (χ1) is 7.39. The number of nitrogens with one attached hydrogen (secondary N) is 1. The van der Waals surface area contributed by atoms with Crippen molar-refractivity contribution in [2.45, 2.75) is 5.92 Å². The highest BCUT2D eigenvalue weighted by atomic mass is 79.9. The highest BCUT2D eigenvalue weighted by Crippen LogP contribution is 2.49. The van der Waals surface area contributed by atoms with Gasteiger partial charge in [0.2, 0.25) is 0 Å². The molecule has 16 heavy (non-hydrogen) atoms. The minimum atomic E-state index is -3.69. The predicted molar refractivity (Wildman–Crippen MR) is 53.2 cm³/mol. The summed E-state index contributed by atoms with van der Waals surface area (Å²) in [6, 6.07) is 0.839. The van der Waals surface area contributed by atoms with Crippen molar-refractivity contribution in [3.63, 3.8) is 0 Å². The summed E-state index contributed by atoms with van der Waals surface area (Å²) >= 11 is 2.80. The number of halogens is 4. The fraction of sp³-hybridized carbons (Fsp3) is 0.222. The fourth-order valence-corrected chi connectivity index (χ4v) is 2.18. The predicted octanol–water partition coefficient (Wildman–Crippen LogP) is 2.64. The van der Waals surface area contributed by atoms with Crippen molar-refractivity contribution in [3.8, 4) is 5.75 Å². The molecule has 86 valence electrons. The van der Waals surface area contributed by atoms with E-state index < -0.39 is 29.0 Å². The van der Waals surface area contributed by atoms with Crippen LogP contribution < -0.4 is 10.1 Å². The van der Waals surface area contributed by atoms with Crippen molar-refractivity contribution in [1.82, 2.24) is 0 Å². The van der Waals surface area contributed by atoms with Crippen LogP contribution in [0.3, 0.4) is 0 Å². The Morgan fingerprint density at radius 2 is 2.12 bits per heavy atom. The van der Waals surface area contributed by atoms with E-state index in [1.165, 1.54) is 0 Å². The molecule has 1 aliphatic heterocycles. The molecule has 0 aliphatic carbocycles. The molecule has 0 radical (unpaired) electrons. The van der Waals surface area contributed by atoms with E-state index in [0.717, 1.165) is 13.2 Å². The lowest BCUT2D eigenvalue weighted by Gasteiger charge is -2.11. The molecule has 0 fully saturated rings. The summed E-state index contributed by atoms with van der Waals surface area (Å²) in [6.07, 6.45) is 0. The van der Waals surface area contributed by atoms with Gasteiger partial charge in [-0.2, -0.15) is 8.78 Å². The van der Waals surface area contributed by atoms with E-state index in [0.29, 0.717) is 0 Å². The number of ether oxygens (including phenoxy) is 1. The van der Waals surface area contributed by atoms with Crippen molar-refractivity contribution >= 4 is 27.5 Å². The van der Waals surface area contributed by atoms with Gasteiger partial charge in [0.1, 0.15) is 0 Å². The number of hydrogen-bond donors (Lipinski definition) is 1. The van der Waals surface area contributed by atoms with Crippen LogP contribution in [-0.2, 0) is 10.7 Å². The van der Waals surface area contributed by atoms with Crippen LogP contribution in [0.15, 0.2) is 10.5 Å². The van der Waals surface area contributed by atoms with Gasteiger partial charge < -0.3 is 10.1 Å². The number of methoxy groups -OCH3 is 1. The Kier molecular flexibility index (Phi) is 2.37. The Morgan fingerprint density at radius 1 is 1.50 bits per heavy atom. The van der Waals surface area contributed by atoms with Crippen LogP contribution in [0.1, 0.15) is 5.56 Å². The molecular formula is C9H5BrF3NO2. The molecule has 1 aromatic rings. The number of amides is 1. The van der Waals surface area contributed by atoms with Crippen molar-refractivity contribution in [2.24, 2.45) is 0 Å². The number of fused-ring (bicyclic) bond motifs is 1. The maximum absolute atomic E-state index is 13.4. The number of rotatable bonds is 1. The molecule has 0 saturated carbocycles. The van der Waals surface area contributed by atoms with Gasteiger partial charge in [-0.1, -0.05) is 15.9 Å². The van der Waals surface area contributed by atoms with Crippen LogP contribution in [0.5, 0.6) is 5.75 Å². The van der Waals surface area contributed by atoms with Crippen LogP contribution >= 0.6 is 15.9 Å². The molecule has 7 heteroatoms. The van der Waals surface area contributed by atoms with E-state index in [4.69, 9.17) is 0 Å². The quantitative estimate of drug-likeness (QED) is 0.865. The Balaban J connectivity index is 2.78. The Labute approximate surface area is 96.7 Å². The van der Waals surface area contributed by atoms with Gasteiger partial charge in [-0.05, 0) is 6.07 Å². The molecule has 0 saturated heterocycles. The zero-order chi connectivity index (χ0) is 12.1. The molecule has 0 aromatic heterocycles. The smallest absolute Gasteiger partial charge is 0.353 e. The lowest BCUT2D eigenvalue weighted by molar-refractivity contribution is -0.139. The summed E-state index contributed by atoms with van der Waals surface area (Å²) in [7, 11) is 1.13. The minimum Gasteiger partial charge on any atom is -0.492 e. The number of carbonyl (C=O) groups is 1. The highest BCUT2D eigenvalue weighted by Gasteiger charge is 2.51. The molecule has 3 nitrogen and oxygen atoms in total. The van der Waals surface area contributed by atoms with Gasteiger partial charge in [0.25, 0.3) is 5.91 Å². The molecular weight excluding hydrogens is 291 g/mol. The van der Waals surface area contributed by atoms with Gasteiger partial charge in [0, 0.05) is 4.47 Å². The van der Waals surface area contributed by atoms with Crippen molar-refractivity contribution in [2.75, 3.05) is 12.4 Å². The largest absolute Gasteiger partial charge is 0.492 e. The van der Waals surface area contributed by atoms with Gasteiger partial charge in [-0.3, -0.25) is 4.79 Å². The topological polar surface area (TPSA) is 38.3 Å². The number of benzene rings is 1. The lowest BCUT2D eigenvalue weighted by Crippen LogP contribution is -2.24. The second-order valence-corrected chi connectivity index (χ2v) is 4.01. The number of carbonyl (C=O) groups excluding carboxylic acids is 1. The van der Waals surface area contributed by atoms with Crippen LogP contribution in [0, 0.1) is 5.82 Å². The van der Waals surface area contributed by atoms with E-state index in [2.05, 4.69) is 20.7 Å². The van der Waals surface area contributed by atoms with Crippen molar-refractivity contribution in [3.05, 3.63) is 21.9 Å². The fourth-order valence-electron chi connectivity index (χ4n) is 1.53. The minimum absolute atomic E-state index is 0.177. The van der Waals surface area contributed by atoms with Gasteiger partial charge in [0.05, 0.1) is 18.4 Å². The maximum atomic E-state index is 13.4. The van der Waals surface area contributed by atoms with Crippen LogP contribution in [-0.4, -0.2) is 13.0 Å². The third-order valence-corrected chi connectivity index (χ3v) is 2.85. The normalized spacial score (nSPS) is 16.9. The first-order valence-corrected chi connectivity index (χ1v) is 4.94. The summed E-state index contributed by atoms with van der Waals surface area (Å²) in [6.45, 7) is 0. The first-order valence-electron chi connectivity index (χ1n) is 4.15. The van der Waals surface area contributed by atoms with Gasteiger partial charge in [-0.25, -0.2) is 4.39 Å². The number of anilines is 1. The molecule has 1 amide bonds.